The Morgan fingerprint density at radius 2 is 2.12 bits per heavy atom. The minimum atomic E-state index is 0.934. The number of hydrogen-bond acceptors (Lipinski definition) is 3. The predicted octanol–water partition coefficient (Wildman–Crippen LogP) is 2.90. The fourth-order valence-electron chi connectivity index (χ4n) is 1.99. The van der Waals surface area contributed by atoms with E-state index in [9.17, 15) is 0 Å². The van der Waals surface area contributed by atoms with Crippen LogP contribution in [0.15, 0.2) is 18.2 Å². The van der Waals surface area contributed by atoms with Crippen molar-refractivity contribution in [2.75, 3.05) is 37.5 Å². The SMILES string of the molecule is CNCc1cc(C)ccc1N(C)CCCSC. The summed E-state index contributed by atoms with van der Waals surface area (Å²) in [7, 11) is 4.18. The van der Waals surface area contributed by atoms with Gasteiger partial charge in [-0.2, -0.15) is 11.8 Å². The van der Waals surface area contributed by atoms with Gasteiger partial charge in [-0.1, -0.05) is 17.7 Å². The summed E-state index contributed by atoms with van der Waals surface area (Å²) in [5, 5.41) is 3.24. The lowest BCUT2D eigenvalue weighted by atomic mass is 10.1. The molecular weight excluding hydrogens is 228 g/mol. The van der Waals surface area contributed by atoms with E-state index in [2.05, 4.69) is 48.6 Å². The highest BCUT2D eigenvalue weighted by Gasteiger charge is 2.06. The Bertz CT molecular complexity index is 339. The quantitative estimate of drug-likeness (QED) is 0.751. The molecule has 0 atom stereocenters. The van der Waals surface area contributed by atoms with Crippen molar-refractivity contribution >= 4 is 17.4 Å². The Hall–Kier alpha value is -0.670. The largest absolute Gasteiger partial charge is 0.374 e. The molecule has 0 aliphatic heterocycles. The molecule has 2 nitrogen and oxygen atoms in total. The van der Waals surface area contributed by atoms with Gasteiger partial charge in [0.1, 0.15) is 0 Å². The van der Waals surface area contributed by atoms with E-state index in [4.69, 9.17) is 0 Å². The lowest BCUT2D eigenvalue weighted by Crippen LogP contribution is -2.21. The van der Waals surface area contributed by atoms with Gasteiger partial charge in [0, 0.05) is 25.8 Å². The van der Waals surface area contributed by atoms with E-state index in [0.717, 1.165) is 13.1 Å². The van der Waals surface area contributed by atoms with Crippen LogP contribution in [0.25, 0.3) is 0 Å². The van der Waals surface area contributed by atoms with Gasteiger partial charge in [-0.3, -0.25) is 0 Å². The summed E-state index contributed by atoms with van der Waals surface area (Å²) in [6, 6.07) is 6.71. The lowest BCUT2D eigenvalue weighted by Gasteiger charge is -2.23. The Labute approximate surface area is 110 Å². The van der Waals surface area contributed by atoms with Gasteiger partial charge in [-0.25, -0.2) is 0 Å². The van der Waals surface area contributed by atoms with Gasteiger partial charge in [-0.05, 0) is 44.0 Å². The molecule has 1 N–H and O–H groups in total. The van der Waals surface area contributed by atoms with Crippen LogP contribution in [0.2, 0.25) is 0 Å². The zero-order valence-electron chi connectivity index (χ0n) is 11.4. The molecule has 0 radical (unpaired) electrons. The first-order valence-corrected chi connectivity index (χ1v) is 7.52. The minimum absolute atomic E-state index is 0.934. The first kappa shape index (κ1) is 14.4. The molecule has 17 heavy (non-hydrogen) atoms. The normalized spacial score (nSPS) is 10.6. The van der Waals surface area contributed by atoms with Crippen molar-refractivity contribution in [3.63, 3.8) is 0 Å². The van der Waals surface area contributed by atoms with Crippen molar-refractivity contribution in [1.82, 2.24) is 5.32 Å². The van der Waals surface area contributed by atoms with Crippen LogP contribution in [0.1, 0.15) is 17.5 Å². The number of rotatable bonds is 7. The van der Waals surface area contributed by atoms with Crippen LogP contribution >= 0.6 is 11.8 Å². The molecule has 3 heteroatoms. The van der Waals surface area contributed by atoms with Crippen molar-refractivity contribution in [2.24, 2.45) is 0 Å². The average molecular weight is 252 g/mol. The Morgan fingerprint density at radius 1 is 1.35 bits per heavy atom. The molecule has 0 heterocycles. The van der Waals surface area contributed by atoms with Crippen molar-refractivity contribution < 1.29 is 0 Å². The highest BCUT2D eigenvalue weighted by Crippen LogP contribution is 2.21. The van der Waals surface area contributed by atoms with Gasteiger partial charge in [0.05, 0.1) is 0 Å². The summed E-state index contributed by atoms with van der Waals surface area (Å²) in [5.41, 5.74) is 4.07. The number of aryl methyl sites for hydroxylation is 1. The summed E-state index contributed by atoms with van der Waals surface area (Å²) in [6.45, 7) is 4.21. The third-order valence-electron chi connectivity index (χ3n) is 2.86. The molecule has 0 bridgehead atoms. The van der Waals surface area contributed by atoms with Crippen LogP contribution in [0, 0.1) is 6.92 Å². The van der Waals surface area contributed by atoms with Crippen LogP contribution in [-0.2, 0) is 6.54 Å². The highest BCUT2D eigenvalue weighted by molar-refractivity contribution is 7.98. The third kappa shape index (κ3) is 4.60. The molecular formula is C14H24N2S. The molecule has 1 rings (SSSR count). The molecule has 0 amide bonds. The first-order chi connectivity index (χ1) is 8.19. The standard InChI is InChI=1S/C14H24N2S/c1-12-6-7-14(13(10-12)11-15-2)16(3)8-5-9-17-4/h6-7,10,15H,5,8-9,11H2,1-4H3. The Morgan fingerprint density at radius 3 is 2.76 bits per heavy atom. The summed E-state index contributed by atoms with van der Waals surface area (Å²) < 4.78 is 0. The van der Waals surface area contributed by atoms with E-state index < -0.39 is 0 Å². The number of hydrogen-bond donors (Lipinski definition) is 1. The van der Waals surface area contributed by atoms with Gasteiger partial charge >= 0.3 is 0 Å². The topological polar surface area (TPSA) is 15.3 Å². The maximum atomic E-state index is 3.24. The van der Waals surface area contributed by atoms with Crippen LogP contribution in [-0.4, -0.2) is 32.6 Å². The average Bonchev–Trinajstić information content (AvgIpc) is 2.30. The van der Waals surface area contributed by atoms with Crippen LogP contribution in [0.5, 0.6) is 0 Å². The maximum absolute atomic E-state index is 3.24. The second-order valence-corrected chi connectivity index (χ2v) is 5.42. The number of nitrogens with one attached hydrogen (secondary N) is 1. The smallest absolute Gasteiger partial charge is 0.0409 e. The number of nitrogens with zero attached hydrogens (tertiary/aromatic N) is 1. The number of anilines is 1. The van der Waals surface area contributed by atoms with Crippen molar-refractivity contribution in [3.05, 3.63) is 29.3 Å². The second-order valence-electron chi connectivity index (χ2n) is 4.43. The number of benzene rings is 1. The maximum Gasteiger partial charge on any atom is 0.0409 e. The van der Waals surface area contributed by atoms with Crippen molar-refractivity contribution in [2.45, 2.75) is 19.9 Å². The summed E-state index contributed by atoms with van der Waals surface area (Å²) in [4.78, 5) is 2.36. The monoisotopic (exact) mass is 252 g/mol. The Balaban J connectivity index is 2.73. The van der Waals surface area contributed by atoms with E-state index in [1.807, 2.05) is 18.8 Å². The molecule has 1 aromatic carbocycles. The van der Waals surface area contributed by atoms with Gasteiger partial charge in [0.2, 0.25) is 0 Å². The van der Waals surface area contributed by atoms with Gasteiger partial charge in [-0.15, -0.1) is 0 Å². The van der Waals surface area contributed by atoms with E-state index in [1.54, 1.807) is 0 Å². The van der Waals surface area contributed by atoms with E-state index in [-0.39, 0.29) is 0 Å². The molecule has 0 fully saturated rings. The molecule has 0 saturated heterocycles. The molecule has 0 aliphatic carbocycles. The zero-order valence-corrected chi connectivity index (χ0v) is 12.2. The van der Waals surface area contributed by atoms with Crippen molar-refractivity contribution in [1.29, 1.82) is 0 Å². The van der Waals surface area contributed by atoms with Gasteiger partial charge in [0.25, 0.3) is 0 Å². The highest BCUT2D eigenvalue weighted by atomic mass is 32.2. The molecule has 0 aliphatic rings. The minimum Gasteiger partial charge on any atom is -0.374 e. The second kappa shape index (κ2) is 7.62. The van der Waals surface area contributed by atoms with Gasteiger partial charge in [0.15, 0.2) is 0 Å². The van der Waals surface area contributed by atoms with Gasteiger partial charge < -0.3 is 10.2 Å². The molecule has 1 aromatic rings. The Kier molecular flexibility index (Phi) is 6.45. The molecule has 0 spiro atoms. The predicted molar refractivity (Wildman–Crippen MR) is 80.2 cm³/mol. The number of thioether (sulfide) groups is 1. The lowest BCUT2D eigenvalue weighted by molar-refractivity contribution is 0.798. The summed E-state index contributed by atoms with van der Waals surface area (Å²) >= 11 is 1.92. The molecule has 96 valence electrons. The van der Waals surface area contributed by atoms with Crippen molar-refractivity contribution in [3.8, 4) is 0 Å². The fraction of sp³-hybridized carbons (Fsp3) is 0.571. The first-order valence-electron chi connectivity index (χ1n) is 6.13. The summed E-state index contributed by atoms with van der Waals surface area (Å²) in [5.74, 6) is 1.23. The molecule has 0 aromatic heterocycles. The zero-order chi connectivity index (χ0) is 12.7. The van der Waals surface area contributed by atoms with E-state index >= 15 is 0 Å². The van der Waals surface area contributed by atoms with E-state index in [1.165, 1.54) is 29.0 Å². The van der Waals surface area contributed by atoms with Crippen LogP contribution in [0.4, 0.5) is 5.69 Å². The van der Waals surface area contributed by atoms with E-state index in [0.29, 0.717) is 0 Å². The fourth-order valence-corrected chi connectivity index (χ4v) is 2.40. The third-order valence-corrected chi connectivity index (χ3v) is 3.55. The molecule has 0 unspecified atom stereocenters. The molecule has 0 saturated carbocycles. The van der Waals surface area contributed by atoms with Crippen LogP contribution < -0.4 is 10.2 Å². The summed E-state index contributed by atoms with van der Waals surface area (Å²) in [6.07, 6.45) is 3.41. The van der Waals surface area contributed by atoms with Crippen LogP contribution in [0.3, 0.4) is 0 Å².